The van der Waals surface area contributed by atoms with E-state index in [1.807, 2.05) is 10.8 Å². The minimum Gasteiger partial charge on any atom is -0.397 e. The second-order valence-electron chi connectivity index (χ2n) is 5.19. The van der Waals surface area contributed by atoms with Crippen molar-refractivity contribution >= 4 is 11.6 Å². The molecule has 1 aromatic heterocycles. The number of carbonyl (C=O) groups is 1. The topological polar surface area (TPSA) is 69.3 Å². The van der Waals surface area contributed by atoms with Crippen LogP contribution >= 0.6 is 0 Å². The number of anilines is 1. The summed E-state index contributed by atoms with van der Waals surface area (Å²) in [4.78, 5) is 12.2. The summed E-state index contributed by atoms with van der Waals surface area (Å²) in [6.07, 6.45) is 4.04. The van der Waals surface area contributed by atoms with Gasteiger partial charge in [-0.3, -0.25) is 4.79 Å². The highest BCUT2D eigenvalue weighted by atomic mass is 16.5. The Bertz CT molecular complexity index is 442. The van der Waals surface area contributed by atoms with Gasteiger partial charge in [0.15, 0.2) is 0 Å². The number of nitrogens with two attached hydrogens (primary N) is 1. The molecule has 2 rings (SSSR count). The lowest BCUT2D eigenvalue weighted by Gasteiger charge is -2.15. The molecule has 5 heteroatoms. The Labute approximate surface area is 114 Å². The number of amides is 1. The summed E-state index contributed by atoms with van der Waals surface area (Å²) < 4.78 is 7.41. The molecule has 2 atom stereocenters. The van der Waals surface area contributed by atoms with Crippen molar-refractivity contribution in [1.82, 2.24) is 9.88 Å². The number of hydrogen-bond acceptors (Lipinski definition) is 3. The van der Waals surface area contributed by atoms with E-state index in [0.29, 0.717) is 23.8 Å². The maximum atomic E-state index is 12.2. The van der Waals surface area contributed by atoms with Crippen LogP contribution in [0.3, 0.4) is 0 Å². The number of hydrogen-bond donors (Lipinski definition) is 2. The van der Waals surface area contributed by atoms with Crippen molar-refractivity contribution in [3.8, 4) is 0 Å². The van der Waals surface area contributed by atoms with E-state index in [-0.39, 0.29) is 12.0 Å². The average Bonchev–Trinajstić information content (AvgIpc) is 2.93. The number of rotatable bonds is 5. The van der Waals surface area contributed by atoms with Gasteiger partial charge in [-0.05, 0) is 25.8 Å². The summed E-state index contributed by atoms with van der Waals surface area (Å²) in [7, 11) is 0. The van der Waals surface area contributed by atoms with E-state index in [2.05, 4.69) is 19.2 Å². The number of nitrogens with zero attached hydrogens (tertiary/aromatic N) is 1. The summed E-state index contributed by atoms with van der Waals surface area (Å²) in [5, 5.41) is 2.99. The van der Waals surface area contributed by atoms with E-state index in [1.54, 1.807) is 6.07 Å². The highest BCUT2D eigenvalue weighted by Crippen LogP contribution is 2.19. The smallest absolute Gasteiger partial charge is 0.267 e. The molecule has 19 heavy (non-hydrogen) atoms. The molecule has 0 radical (unpaired) electrons. The van der Waals surface area contributed by atoms with Crippen LogP contribution in [0.2, 0.25) is 0 Å². The molecule has 1 fully saturated rings. The molecule has 2 heterocycles. The lowest BCUT2D eigenvalue weighted by atomic mass is 10.0. The summed E-state index contributed by atoms with van der Waals surface area (Å²) in [6.45, 7) is 6.40. The maximum Gasteiger partial charge on any atom is 0.267 e. The Balaban J connectivity index is 1.95. The van der Waals surface area contributed by atoms with Gasteiger partial charge in [0.25, 0.3) is 5.91 Å². The van der Waals surface area contributed by atoms with Crippen molar-refractivity contribution < 1.29 is 9.53 Å². The minimum absolute atomic E-state index is 0.0516. The van der Waals surface area contributed by atoms with Crippen molar-refractivity contribution in [2.75, 3.05) is 18.9 Å². The van der Waals surface area contributed by atoms with Crippen LogP contribution in [0.25, 0.3) is 0 Å². The second-order valence-corrected chi connectivity index (χ2v) is 5.19. The maximum absolute atomic E-state index is 12.2. The Kier molecular flexibility index (Phi) is 4.47. The standard InChI is InChI=1S/C14H23N3O2/c1-3-5-17-9-12(15)7-13(17)14(18)16-8-11-4-6-19-10(11)2/h7,9-11H,3-6,8,15H2,1-2H3,(H,16,18). The lowest BCUT2D eigenvalue weighted by molar-refractivity contribution is 0.0899. The molecule has 106 valence electrons. The van der Waals surface area contributed by atoms with Crippen LogP contribution in [0.4, 0.5) is 5.69 Å². The first-order valence-corrected chi connectivity index (χ1v) is 6.97. The van der Waals surface area contributed by atoms with Crippen LogP contribution in [-0.2, 0) is 11.3 Å². The van der Waals surface area contributed by atoms with Crippen molar-refractivity contribution in [3.05, 3.63) is 18.0 Å². The van der Waals surface area contributed by atoms with Gasteiger partial charge >= 0.3 is 0 Å². The molecule has 0 aromatic carbocycles. The van der Waals surface area contributed by atoms with Gasteiger partial charge in [0.05, 0.1) is 11.8 Å². The minimum atomic E-state index is -0.0516. The summed E-state index contributed by atoms with van der Waals surface area (Å²) >= 11 is 0. The van der Waals surface area contributed by atoms with Crippen LogP contribution in [0, 0.1) is 5.92 Å². The first-order chi connectivity index (χ1) is 9.11. The quantitative estimate of drug-likeness (QED) is 0.850. The Hall–Kier alpha value is -1.49. The third-order valence-electron chi connectivity index (χ3n) is 3.67. The van der Waals surface area contributed by atoms with E-state index in [4.69, 9.17) is 10.5 Å². The predicted molar refractivity (Wildman–Crippen MR) is 75.0 cm³/mol. The van der Waals surface area contributed by atoms with Gasteiger partial charge in [0, 0.05) is 31.8 Å². The fraction of sp³-hybridized carbons (Fsp3) is 0.643. The van der Waals surface area contributed by atoms with Crippen LogP contribution in [0.15, 0.2) is 12.3 Å². The number of nitrogens with one attached hydrogen (secondary N) is 1. The lowest BCUT2D eigenvalue weighted by Crippen LogP contribution is -2.33. The predicted octanol–water partition coefficient (Wildman–Crippen LogP) is 1.64. The van der Waals surface area contributed by atoms with Gasteiger partial charge in [-0.2, -0.15) is 0 Å². The number of nitrogen functional groups attached to an aromatic ring is 1. The molecule has 5 nitrogen and oxygen atoms in total. The zero-order chi connectivity index (χ0) is 13.8. The zero-order valence-corrected chi connectivity index (χ0v) is 11.7. The zero-order valence-electron chi connectivity index (χ0n) is 11.7. The van der Waals surface area contributed by atoms with E-state index in [1.165, 1.54) is 0 Å². The molecule has 1 aliphatic rings. The van der Waals surface area contributed by atoms with Crippen LogP contribution in [0.5, 0.6) is 0 Å². The highest BCUT2D eigenvalue weighted by Gasteiger charge is 2.25. The largest absolute Gasteiger partial charge is 0.397 e. The fourth-order valence-corrected chi connectivity index (χ4v) is 2.51. The first-order valence-electron chi connectivity index (χ1n) is 6.97. The van der Waals surface area contributed by atoms with E-state index < -0.39 is 0 Å². The summed E-state index contributed by atoms with van der Waals surface area (Å²) in [6, 6.07) is 1.74. The third kappa shape index (κ3) is 3.29. The normalized spacial score (nSPS) is 22.6. The molecule has 1 saturated heterocycles. The van der Waals surface area contributed by atoms with Gasteiger partial charge in [0.2, 0.25) is 0 Å². The molecule has 0 spiro atoms. The Morgan fingerprint density at radius 1 is 1.63 bits per heavy atom. The van der Waals surface area contributed by atoms with Gasteiger partial charge in [-0.25, -0.2) is 0 Å². The average molecular weight is 265 g/mol. The van der Waals surface area contributed by atoms with E-state index in [9.17, 15) is 4.79 Å². The number of aryl methyl sites for hydroxylation is 1. The SMILES string of the molecule is CCCn1cc(N)cc1C(=O)NCC1CCOC1C. The van der Waals surface area contributed by atoms with Crippen LogP contribution in [0.1, 0.15) is 37.2 Å². The molecular weight excluding hydrogens is 242 g/mol. The van der Waals surface area contributed by atoms with Gasteiger partial charge < -0.3 is 20.4 Å². The van der Waals surface area contributed by atoms with Crippen LogP contribution in [-0.4, -0.2) is 29.7 Å². The van der Waals surface area contributed by atoms with Crippen molar-refractivity contribution in [2.45, 2.75) is 39.3 Å². The fourth-order valence-electron chi connectivity index (χ4n) is 2.51. The van der Waals surface area contributed by atoms with Gasteiger partial charge in [0.1, 0.15) is 5.69 Å². The Morgan fingerprint density at radius 3 is 3.05 bits per heavy atom. The second kappa shape index (κ2) is 6.10. The molecule has 2 unspecified atom stereocenters. The summed E-state index contributed by atoms with van der Waals surface area (Å²) in [5.41, 5.74) is 7.05. The molecule has 1 amide bonds. The van der Waals surface area contributed by atoms with Crippen LogP contribution < -0.4 is 11.1 Å². The van der Waals surface area contributed by atoms with E-state index >= 15 is 0 Å². The molecule has 0 saturated carbocycles. The molecular formula is C14H23N3O2. The molecule has 1 aromatic rings. The molecule has 3 N–H and O–H groups in total. The third-order valence-corrected chi connectivity index (χ3v) is 3.67. The molecule has 0 aliphatic carbocycles. The van der Waals surface area contributed by atoms with Crippen molar-refractivity contribution in [1.29, 1.82) is 0 Å². The first kappa shape index (κ1) is 13.9. The Morgan fingerprint density at radius 2 is 2.42 bits per heavy atom. The van der Waals surface area contributed by atoms with Gasteiger partial charge in [-0.1, -0.05) is 6.92 Å². The van der Waals surface area contributed by atoms with Gasteiger partial charge in [-0.15, -0.1) is 0 Å². The van der Waals surface area contributed by atoms with Crippen molar-refractivity contribution in [2.24, 2.45) is 5.92 Å². The summed E-state index contributed by atoms with van der Waals surface area (Å²) in [5.74, 6) is 0.361. The molecule has 0 bridgehead atoms. The monoisotopic (exact) mass is 265 g/mol. The van der Waals surface area contributed by atoms with E-state index in [0.717, 1.165) is 26.0 Å². The van der Waals surface area contributed by atoms with Crippen molar-refractivity contribution in [3.63, 3.8) is 0 Å². The molecule has 1 aliphatic heterocycles. The number of carbonyl (C=O) groups excluding carboxylic acids is 1. The number of ether oxygens (including phenoxy) is 1. The number of aromatic nitrogens is 1. The highest BCUT2D eigenvalue weighted by molar-refractivity contribution is 5.93.